The number of carbonyl (C=O) groups is 2. The number of aliphatic hydroxyl groups excluding tert-OH is 1. The molecule has 7 nitrogen and oxygen atoms in total. The number of esters is 1. The summed E-state index contributed by atoms with van der Waals surface area (Å²) >= 11 is 0. The number of anilines is 1. The number of hydrogen-bond donors (Lipinski definition) is 2. The van der Waals surface area contributed by atoms with Crippen LogP contribution in [0.2, 0.25) is 0 Å². The van der Waals surface area contributed by atoms with Gasteiger partial charge in [-0.2, -0.15) is 0 Å². The summed E-state index contributed by atoms with van der Waals surface area (Å²) in [5.41, 5.74) is 0.970. The summed E-state index contributed by atoms with van der Waals surface area (Å²) in [6, 6.07) is 9.62. The van der Waals surface area contributed by atoms with Gasteiger partial charge in [-0.05, 0) is 62.9 Å². The highest BCUT2D eigenvalue weighted by atomic mass is 19.1. The Morgan fingerprint density at radius 2 is 1.88 bits per heavy atom. The smallest absolute Gasteiger partial charge is 0.412 e. The number of nitrogens with one attached hydrogen (secondary N) is 1. The predicted molar refractivity (Wildman–Crippen MR) is 122 cm³/mol. The van der Waals surface area contributed by atoms with Gasteiger partial charge in [0.15, 0.2) is 0 Å². The third-order valence-corrected chi connectivity index (χ3v) is 4.75. The molecule has 1 atom stereocenters. The maximum absolute atomic E-state index is 13.9. The van der Waals surface area contributed by atoms with Crippen LogP contribution >= 0.6 is 0 Å². The van der Waals surface area contributed by atoms with Gasteiger partial charge in [0, 0.05) is 11.6 Å². The molecule has 0 heterocycles. The summed E-state index contributed by atoms with van der Waals surface area (Å²) in [7, 11) is 0. The highest BCUT2D eigenvalue weighted by Crippen LogP contribution is 2.27. The summed E-state index contributed by atoms with van der Waals surface area (Å²) in [5, 5.41) is 11.2. The van der Waals surface area contributed by atoms with Crippen LogP contribution in [0, 0.1) is 11.6 Å². The third-order valence-electron chi connectivity index (χ3n) is 4.75. The van der Waals surface area contributed by atoms with E-state index >= 15 is 0 Å². The van der Waals surface area contributed by atoms with E-state index in [9.17, 15) is 18.4 Å². The van der Waals surface area contributed by atoms with Gasteiger partial charge < -0.3 is 19.3 Å². The molecule has 0 saturated heterocycles. The summed E-state index contributed by atoms with van der Waals surface area (Å²) in [6.45, 7) is 3.73. The predicted octanol–water partition coefficient (Wildman–Crippen LogP) is 5.31. The molecule has 0 unspecified atom stereocenters. The largest absolute Gasteiger partial charge is 0.491 e. The van der Waals surface area contributed by atoms with E-state index in [0.717, 1.165) is 12.1 Å². The van der Waals surface area contributed by atoms with E-state index in [1.165, 1.54) is 0 Å². The van der Waals surface area contributed by atoms with E-state index in [1.54, 1.807) is 44.2 Å². The number of carbonyl (C=O) groups excluding carboxylic acids is 2. The van der Waals surface area contributed by atoms with E-state index in [2.05, 4.69) is 5.32 Å². The molecule has 1 amide bonds. The maximum Gasteiger partial charge on any atom is 0.412 e. The van der Waals surface area contributed by atoms with Crippen molar-refractivity contribution >= 4 is 17.7 Å². The summed E-state index contributed by atoms with van der Waals surface area (Å²) in [4.78, 5) is 24.1. The minimum absolute atomic E-state index is 0.119. The van der Waals surface area contributed by atoms with Crippen LogP contribution in [0.25, 0.3) is 0 Å². The lowest BCUT2D eigenvalue weighted by atomic mass is 10.0. The Morgan fingerprint density at radius 1 is 1.15 bits per heavy atom. The standard InChI is InChI=1S/C25H29F2NO6/c1-3-32-24(30)17(2)6-4-5-7-23(18-8-11-20(12-9-18)33-15-14-29)34-25(31)28-22-13-10-19(26)16-21(22)27/h6,8-13,16,23,29H,3-5,7,14-15H2,1-2H3,(H,28,31)/b17-6+/t23-/m1/s1. The van der Waals surface area contributed by atoms with Crippen molar-refractivity contribution in [2.75, 3.05) is 25.1 Å². The molecule has 34 heavy (non-hydrogen) atoms. The number of ether oxygens (including phenoxy) is 3. The van der Waals surface area contributed by atoms with Crippen LogP contribution in [0.4, 0.5) is 19.3 Å². The molecule has 2 N–H and O–H groups in total. The van der Waals surface area contributed by atoms with Gasteiger partial charge in [-0.1, -0.05) is 18.2 Å². The number of aliphatic hydroxyl groups is 1. The molecule has 0 aliphatic carbocycles. The monoisotopic (exact) mass is 477 g/mol. The van der Waals surface area contributed by atoms with E-state index in [0.29, 0.717) is 48.8 Å². The molecule has 0 aromatic heterocycles. The van der Waals surface area contributed by atoms with Crippen molar-refractivity contribution in [3.8, 4) is 5.75 Å². The van der Waals surface area contributed by atoms with Crippen LogP contribution < -0.4 is 10.1 Å². The molecule has 184 valence electrons. The highest BCUT2D eigenvalue weighted by molar-refractivity contribution is 5.87. The van der Waals surface area contributed by atoms with Crippen molar-refractivity contribution in [2.45, 2.75) is 39.2 Å². The van der Waals surface area contributed by atoms with Gasteiger partial charge in [0.25, 0.3) is 0 Å². The summed E-state index contributed by atoms with van der Waals surface area (Å²) < 4.78 is 42.8. The second kappa shape index (κ2) is 13.9. The number of hydrogen-bond acceptors (Lipinski definition) is 6. The van der Waals surface area contributed by atoms with E-state index < -0.39 is 23.8 Å². The average Bonchev–Trinajstić information content (AvgIpc) is 2.81. The molecular weight excluding hydrogens is 448 g/mol. The molecule has 0 radical (unpaired) electrons. The Morgan fingerprint density at radius 3 is 2.53 bits per heavy atom. The number of rotatable bonds is 12. The van der Waals surface area contributed by atoms with Crippen molar-refractivity contribution in [3.63, 3.8) is 0 Å². The fraction of sp³-hybridized carbons (Fsp3) is 0.360. The molecule has 0 aliphatic heterocycles. The van der Waals surface area contributed by atoms with Crippen LogP contribution in [0.5, 0.6) is 5.75 Å². The SMILES string of the molecule is CCOC(=O)/C(C)=C/CCC[C@@H](OC(=O)Nc1ccc(F)cc1F)c1ccc(OCCO)cc1. The first kappa shape index (κ1) is 26.8. The molecule has 0 aliphatic rings. The topological polar surface area (TPSA) is 94.1 Å². The van der Waals surface area contributed by atoms with Crippen LogP contribution in [0.3, 0.4) is 0 Å². The summed E-state index contributed by atoms with van der Waals surface area (Å²) in [5.74, 6) is -1.51. The minimum Gasteiger partial charge on any atom is -0.491 e. The van der Waals surface area contributed by atoms with Crippen LogP contribution in [-0.4, -0.2) is 37.0 Å². The summed E-state index contributed by atoms with van der Waals surface area (Å²) in [6.07, 6.45) is 1.75. The number of amides is 1. The zero-order valence-corrected chi connectivity index (χ0v) is 19.2. The molecule has 0 saturated carbocycles. The Balaban J connectivity index is 2.07. The van der Waals surface area contributed by atoms with E-state index in [1.807, 2.05) is 0 Å². The van der Waals surface area contributed by atoms with Gasteiger partial charge in [-0.15, -0.1) is 0 Å². The Labute approximate surface area is 197 Å². The first-order valence-electron chi connectivity index (χ1n) is 10.9. The van der Waals surface area contributed by atoms with Gasteiger partial charge in [-0.25, -0.2) is 18.4 Å². The molecule has 0 fully saturated rings. The van der Waals surface area contributed by atoms with Crippen LogP contribution in [0.1, 0.15) is 44.8 Å². The minimum atomic E-state index is -0.918. The van der Waals surface area contributed by atoms with Gasteiger partial charge in [0.2, 0.25) is 0 Å². The lowest BCUT2D eigenvalue weighted by Crippen LogP contribution is -2.18. The molecular formula is C25H29F2NO6. The normalized spacial score (nSPS) is 12.1. The van der Waals surface area contributed by atoms with Crippen molar-refractivity contribution in [3.05, 3.63) is 71.3 Å². The van der Waals surface area contributed by atoms with Crippen molar-refractivity contribution in [2.24, 2.45) is 0 Å². The van der Waals surface area contributed by atoms with E-state index in [4.69, 9.17) is 19.3 Å². The van der Waals surface area contributed by atoms with Crippen LogP contribution in [-0.2, 0) is 14.3 Å². The lowest BCUT2D eigenvalue weighted by Gasteiger charge is -2.19. The maximum atomic E-state index is 13.9. The van der Waals surface area contributed by atoms with Gasteiger partial charge in [-0.3, -0.25) is 5.32 Å². The Hall–Kier alpha value is -3.46. The van der Waals surface area contributed by atoms with E-state index in [-0.39, 0.29) is 24.9 Å². The Bertz CT molecular complexity index is 978. The molecule has 2 aromatic rings. The number of unbranched alkanes of at least 4 members (excludes halogenated alkanes) is 1. The van der Waals surface area contributed by atoms with Crippen molar-refractivity contribution in [1.82, 2.24) is 0 Å². The molecule has 2 rings (SSSR count). The second-order valence-electron chi connectivity index (χ2n) is 7.32. The molecule has 0 bridgehead atoms. The molecule has 2 aromatic carbocycles. The van der Waals surface area contributed by atoms with Gasteiger partial charge in [0.1, 0.15) is 30.1 Å². The second-order valence-corrected chi connectivity index (χ2v) is 7.32. The molecule has 9 heteroatoms. The number of allylic oxidation sites excluding steroid dienone is 1. The first-order valence-corrected chi connectivity index (χ1v) is 10.9. The number of halogens is 2. The third kappa shape index (κ3) is 8.82. The zero-order valence-electron chi connectivity index (χ0n) is 19.2. The lowest BCUT2D eigenvalue weighted by molar-refractivity contribution is -0.138. The molecule has 0 spiro atoms. The first-order chi connectivity index (χ1) is 16.3. The number of benzene rings is 2. The van der Waals surface area contributed by atoms with Crippen LogP contribution in [0.15, 0.2) is 54.1 Å². The zero-order chi connectivity index (χ0) is 24.9. The van der Waals surface area contributed by atoms with Crippen molar-refractivity contribution in [1.29, 1.82) is 0 Å². The van der Waals surface area contributed by atoms with Gasteiger partial charge >= 0.3 is 12.1 Å². The highest BCUT2D eigenvalue weighted by Gasteiger charge is 2.18. The fourth-order valence-corrected chi connectivity index (χ4v) is 3.05. The average molecular weight is 478 g/mol. The quantitative estimate of drug-likeness (QED) is 0.245. The van der Waals surface area contributed by atoms with Gasteiger partial charge in [0.05, 0.1) is 18.9 Å². The Kier molecular flexibility index (Phi) is 11.0. The fourth-order valence-electron chi connectivity index (χ4n) is 3.05. The van der Waals surface area contributed by atoms with Crippen molar-refractivity contribution < 1.29 is 37.7 Å².